The number of piperidine rings is 2. The molecule has 2 fully saturated rings. The lowest BCUT2D eigenvalue weighted by molar-refractivity contribution is 0.0172. The van der Waals surface area contributed by atoms with E-state index in [4.69, 9.17) is 17.9 Å². The van der Waals surface area contributed by atoms with E-state index in [1.165, 1.54) is 37.6 Å². The Morgan fingerprint density at radius 1 is 0.806 bits per heavy atom. The molecule has 0 aromatic carbocycles. The van der Waals surface area contributed by atoms with E-state index in [9.17, 15) is 14.7 Å². The van der Waals surface area contributed by atoms with Crippen LogP contribution in [0.4, 0.5) is 51.1 Å². The molecule has 346 valence electrons. The molecule has 0 saturated carbocycles. The minimum atomic E-state index is -0.532. The lowest BCUT2D eigenvalue weighted by Crippen LogP contribution is -2.44. The van der Waals surface area contributed by atoms with Crippen molar-refractivity contribution in [1.82, 2.24) is 49.3 Å². The van der Waals surface area contributed by atoms with E-state index in [-0.39, 0.29) is 30.3 Å². The predicted molar refractivity (Wildman–Crippen MR) is 255 cm³/mol. The Hall–Kier alpha value is -7.94. The van der Waals surface area contributed by atoms with Crippen LogP contribution in [0.1, 0.15) is 62.4 Å². The van der Waals surface area contributed by atoms with Crippen LogP contribution in [-0.2, 0) is 11.3 Å². The molecule has 8 rings (SSSR count). The number of nitrogens with one attached hydrogen (secondary N) is 5. The van der Waals surface area contributed by atoms with Crippen molar-refractivity contribution in [2.45, 2.75) is 58.7 Å². The smallest absolute Gasteiger partial charge is 0.410 e. The van der Waals surface area contributed by atoms with Crippen molar-refractivity contribution in [2.24, 2.45) is 11.8 Å². The third-order valence-corrected chi connectivity index (χ3v) is 10.9. The number of carbonyl (C=O) groups excluding carboxylic acids is 2. The van der Waals surface area contributed by atoms with Crippen molar-refractivity contribution in [1.29, 1.82) is 0 Å². The van der Waals surface area contributed by atoms with Crippen molar-refractivity contribution < 1.29 is 19.4 Å². The fourth-order valence-electron chi connectivity index (χ4n) is 7.52. The van der Waals surface area contributed by atoms with Crippen LogP contribution in [0.3, 0.4) is 0 Å². The number of likely N-dealkylation sites (tertiary alicyclic amines) is 1. The normalized spacial score (nSPS) is 15.8. The number of amides is 1. The molecule has 8 heterocycles. The molecule has 6 N–H and O–H groups in total. The van der Waals surface area contributed by atoms with Crippen LogP contribution in [0.25, 0.3) is 21.1 Å². The Bertz CT molecular complexity index is 2680. The van der Waals surface area contributed by atoms with Gasteiger partial charge in [0.05, 0.1) is 54.1 Å². The van der Waals surface area contributed by atoms with Gasteiger partial charge in [-0.1, -0.05) is 13.1 Å². The average Bonchev–Trinajstić information content (AvgIpc) is 4.04. The summed E-state index contributed by atoms with van der Waals surface area (Å²) in [7, 11) is 0. The molecule has 0 aliphatic carbocycles. The molecule has 6 aromatic rings. The molecule has 0 spiro atoms. The molecule has 2 aliphatic rings. The molecule has 2 unspecified atom stereocenters. The topological polar surface area (TPSA) is 223 Å². The van der Waals surface area contributed by atoms with Gasteiger partial charge in [0.25, 0.3) is 11.6 Å². The van der Waals surface area contributed by atoms with E-state index in [2.05, 4.69) is 66.2 Å². The van der Waals surface area contributed by atoms with E-state index < -0.39 is 5.60 Å². The average molecular weight is 907 g/mol. The molecule has 2 aliphatic heterocycles. The lowest BCUT2D eigenvalue weighted by Gasteiger charge is -2.34. The highest BCUT2D eigenvalue weighted by Crippen LogP contribution is 2.29. The van der Waals surface area contributed by atoms with Gasteiger partial charge >= 0.3 is 6.09 Å². The van der Waals surface area contributed by atoms with Gasteiger partial charge in [0.1, 0.15) is 17.2 Å². The second-order valence-electron chi connectivity index (χ2n) is 17.1. The molecule has 20 heteroatoms. The molecule has 1 amide bonds. The summed E-state index contributed by atoms with van der Waals surface area (Å²) >= 11 is 0. The zero-order chi connectivity index (χ0) is 47.2. The summed E-state index contributed by atoms with van der Waals surface area (Å²) in [6.45, 7) is 24.5. The highest BCUT2D eigenvalue weighted by Gasteiger charge is 2.28. The first-order valence-corrected chi connectivity index (χ1v) is 22.0. The number of aliphatic hydroxyl groups is 1. The van der Waals surface area contributed by atoms with E-state index in [1.807, 2.05) is 60.5 Å². The van der Waals surface area contributed by atoms with Crippen LogP contribution < -0.4 is 26.6 Å². The van der Waals surface area contributed by atoms with E-state index in [0.717, 1.165) is 67.1 Å². The highest BCUT2D eigenvalue weighted by atomic mass is 16.6. The first-order chi connectivity index (χ1) is 32.5. The number of aldehydes is 1. The van der Waals surface area contributed by atoms with E-state index >= 15 is 0 Å². The number of anilines is 6. The summed E-state index contributed by atoms with van der Waals surface area (Å²) in [5.74, 6) is 3.42. The van der Waals surface area contributed by atoms with Gasteiger partial charge in [0.2, 0.25) is 0 Å². The van der Waals surface area contributed by atoms with Crippen molar-refractivity contribution in [3.63, 3.8) is 0 Å². The minimum absolute atomic E-state index is 0.00412. The number of pyridine rings is 2. The lowest BCUT2D eigenvalue weighted by atomic mass is 9.98. The van der Waals surface area contributed by atoms with Crippen LogP contribution in [0.15, 0.2) is 86.2 Å². The van der Waals surface area contributed by atoms with Gasteiger partial charge in [-0.25, -0.2) is 24.7 Å². The van der Waals surface area contributed by atoms with Gasteiger partial charge in [0, 0.05) is 68.7 Å². The van der Waals surface area contributed by atoms with Gasteiger partial charge < -0.3 is 60.2 Å². The molecule has 2 atom stereocenters. The van der Waals surface area contributed by atoms with E-state index in [0.29, 0.717) is 54.4 Å². The van der Waals surface area contributed by atoms with Crippen molar-refractivity contribution in [2.75, 3.05) is 60.5 Å². The van der Waals surface area contributed by atoms with Crippen molar-refractivity contribution in [3.05, 3.63) is 120 Å². The number of hydrogen-bond donors (Lipinski definition) is 6. The Morgan fingerprint density at radius 2 is 1.39 bits per heavy atom. The summed E-state index contributed by atoms with van der Waals surface area (Å²) in [5, 5.41) is 26.2. The third-order valence-electron chi connectivity index (χ3n) is 10.9. The SMILES string of the molecule is [C-]#[N+]c1cnc(Nc2cc(NCC3CCCN(C(=O)OC(C)(C)C)C3)c(-n3ccc(C=O)c3)cn2)cn1.[C-]#[N+]c1cnc(Nc2cc(NCC3CCCNC3)c(-n3ccc(CO)c3)cn2)cn1. The number of carbonyl (C=O) groups is 2. The molecule has 67 heavy (non-hydrogen) atoms. The predicted octanol–water partition coefficient (Wildman–Crippen LogP) is 7.69. The molecular formula is C47H54N16O4. The third kappa shape index (κ3) is 13.3. The molecule has 20 nitrogen and oxygen atoms in total. The van der Waals surface area contributed by atoms with Crippen molar-refractivity contribution in [3.8, 4) is 11.4 Å². The number of nitrogens with zero attached hydrogens (tertiary/aromatic N) is 11. The largest absolute Gasteiger partial charge is 0.444 e. The number of aromatic nitrogens is 8. The maximum absolute atomic E-state index is 12.6. The fraction of sp³-hybridized carbons (Fsp3) is 0.362. The second kappa shape index (κ2) is 22.3. The quantitative estimate of drug-likeness (QED) is 0.0455. The summed E-state index contributed by atoms with van der Waals surface area (Å²) in [4.78, 5) is 57.5. The molecule has 0 bridgehead atoms. The maximum atomic E-state index is 12.6. The zero-order valence-electron chi connectivity index (χ0n) is 37.7. The Morgan fingerprint density at radius 3 is 1.90 bits per heavy atom. The Balaban J connectivity index is 0.000000203. The van der Waals surface area contributed by atoms with Gasteiger partial charge in [-0.15, -0.1) is 9.97 Å². The standard InChI is InChI=1S/C26H30N8O3.C21H24N8O/c1-26(2,3)37-25(36)34-8-5-6-18(15-34)11-28-20-10-22(32-24-14-30-23(27-4)13-31-24)29-12-21(20)33-9-7-19(16-33)17-35;1-22-20-11-27-21(12-26-20)28-19-7-17(24-9-15-3-2-5-23-8-15)18(10-25-19)29-6-4-16(13-29)14-30/h7,9-10,12-14,16-18H,5-6,8,11,15H2,1-3H3,(H2,28,29,31,32);4,6-7,10-13,15,23,30H,2-3,5,8-9,14H2,(H2,24,25,27,28). The minimum Gasteiger partial charge on any atom is -0.444 e. The van der Waals surface area contributed by atoms with Crippen molar-refractivity contribution >= 4 is 58.7 Å². The number of aliphatic hydroxyl groups excluding tert-OH is 1. The molecule has 6 aromatic heterocycles. The molecule has 2 saturated heterocycles. The van der Waals surface area contributed by atoms with Gasteiger partial charge in [0.15, 0.2) is 30.3 Å². The number of ether oxygens (including phenoxy) is 1. The van der Waals surface area contributed by atoms with E-state index in [1.54, 1.807) is 35.8 Å². The van der Waals surface area contributed by atoms with Crippen LogP contribution in [0.2, 0.25) is 0 Å². The zero-order valence-corrected chi connectivity index (χ0v) is 37.7. The van der Waals surface area contributed by atoms with Crippen LogP contribution in [-0.4, -0.2) is 106 Å². The first kappa shape index (κ1) is 47.0. The summed E-state index contributed by atoms with van der Waals surface area (Å²) in [6, 6.07) is 7.41. The summed E-state index contributed by atoms with van der Waals surface area (Å²) < 4.78 is 9.34. The maximum Gasteiger partial charge on any atom is 0.410 e. The monoisotopic (exact) mass is 906 g/mol. The van der Waals surface area contributed by atoms with Gasteiger partial charge in [-0.2, -0.15) is 0 Å². The molecular weight excluding hydrogens is 853 g/mol. The Kier molecular flexibility index (Phi) is 15.7. The fourth-order valence-corrected chi connectivity index (χ4v) is 7.52. The van der Waals surface area contributed by atoms with Gasteiger partial charge in [-0.3, -0.25) is 4.79 Å². The number of rotatable bonds is 14. The first-order valence-electron chi connectivity index (χ1n) is 22.0. The highest BCUT2D eigenvalue weighted by molar-refractivity contribution is 5.75. The van der Waals surface area contributed by atoms with Crippen LogP contribution in [0.5, 0.6) is 0 Å². The Labute approximate surface area is 388 Å². The number of hydrogen-bond acceptors (Lipinski definition) is 15. The summed E-state index contributed by atoms with van der Waals surface area (Å²) in [5.41, 5.74) is 4.27. The molecule has 0 radical (unpaired) electrons. The van der Waals surface area contributed by atoms with Gasteiger partial charge in [-0.05, 0) is 89.1 Å². The summed E-state index contributed by atoms with van der Waals surface area (Å²) in [6.07, 6.45) is 21.4. The van der Waals surface area contributed by atoms with Crippen LogP contribution in [0, 0.1) is 25.0 Å². The van der Waals surface area contributed by atoms with Crippen LogP contribution >= 0.6 is 0 Å². The second-order valence-corrected chi connectivity index (χ2v) is 17.1.